The quantitative estimate of drug-likeness (QED) is 0.589. The number of benzene rings is 1. The number of rotatable bonds is 5. The van der Waals surface area contributed by atoms with Crippen molar-refractivity contribution in [1.82, 2.24) is 4.98 Å². The molecule has 0 spiro atoms. The van der Waals surface area contributed by atoms with Crippen LogP contribution in [-0.2, 0) is 21.4 Å². The lowest BCUT2D eigenvalue weighted by Crippen LogP contribution is -2.47. The molecule has 3 nitrogen and oxygen atoms in total. The van der Waals surface area contributed by atoms with E-state index in [1.807, 2.05) is 24.3 Å². The summed E-state index contributed by atoms with van der Waals surface area (Å²) >= 11 is 4.55. The third-order valence-corrected chi connectivity index (χ3v) is 6.84. The summed E-state index contributed by atoms with van der Waals surface area (Å²) in [5, 5.41) is 0.528. The molecule has 1 heterocycles. The van der Waals surface area contributed by atoms with Gasteiger partial charge in [0.1, 0.15) is 0 Å². The summed E-state index contributed by atoms with van der Waals surface area (Å²) < 4.78 is 13.1. The molecule has 0 radical (unpaired) electrons. The van der Waals surface area contributed by atoms with E-state index in [0.29, 0.717) is 10.0 Å². The molecule has 24 heavy (non-hydrogen) atoms. The molecular weight excluding hydrogens is 342 g/mol. The van der Waals surface area contributed by atoms with Gasteiger partial charge in [0.25, 0.3) is 0 Å². The van der Waals surface area contributed by atoms with E-state index in [9.17, 15) is 9.35 Å². The van der Waals surface area contributed by atoms with Gasteiger partial charge in [-0.1, -0.05) is 49.1 Å². The normalized spacial score (nSPS) is 19.4. The van der Waals surface area contributed by atoms with E-state index in [2.05, 4.69) is 4.98 Å². The Kier molecular flexibility index (Phi) is 5.59. The highest BCUT2D eigenvalue weighted by atomic mass is 35.5. The fourth-order valence-corrected chi connectivity index (χ4v) is 5.33. The van der Waals surface area contributed by atoms with Gasteiger partial charge in [0, 0.05) is 28.5 Å². The van der Waals surface area contributed by atoms with Crippen LogP contribution in [0.3, 0.4) is 0 Å². The number of carbonyl (C=O) groups is 1. The largest absolute Gasteiger partial charge is 0.610 e. The van der Waals surface area contributed by atoms with Gasteiger partial charge in [-0.2, -0.15) is 0 Å². The molecule has 5 heteroatoms. The minimum Gasteiger partial charge on any atom is -0.610 e. The highest BCUT2D eigenvalue weighted by Crippen LogP contribution is 2.45. The van der Waals surface area contributed by atoms with Gasteiger partial charge in [0.2, 0.25) is 5.03 Å². The summed E-state index contributed by atoms with van der Waals surface area (Å²) in [5.74, 6) is 0. The van der Waals surface area contributed by atoms with E-state index in [1.165, 1.54) is 0 Å². The third-order valence-electron chi connectivity index (χ3n) is 4.91. The first kappa shape index (κ1) is 17.5. The zero-order valence-electron chi connectivity index (χ0n) is 13.4. The molecule has 1 aromatic carbocycles. The first-order valence-electron chi connectivity index (χ1n) is 8.20. The van der Waals surface area contributed by atoms with E-state index in [4.69, 9.17) is 11.6 Å². The van der Waals surface area contributed by atoms with Crippen molar-refractivity contribution in [2.75, 3.05) is 0 Å². The van der Waals surface area contributed by atoms with Crippen molar-refractivity contribution < 1.29 is 9.35 Å². The molecule has 3 rings (SSSR count). The second kappa shape index (κ2) is 7.68. The predicted octanol–water partition coefficient (Wildman–Crippen LogP) is 4.31. The van der Waals surface area contributed by atoms with Gasteiger partial charge < -0.3 is 4.55 Å². The average molecular weight is 362 g/mol. The lowest BCUT2D eigenvalue weighted by atomic mass is 9.67. The Balaban J connectivity index is 2.03. The summed E-state index contributed by atoms with van der Waals surface area (Å²) in [6.07, 6.45) is 7.42. The van der Waals surface area contributed by atoms with E-state index in [1.54, 1.807) is 24.4 Å². The summed E-state index contributed by atoms with van der Waals surface area (Å²) in [6, 6.07) is 13.0. The van der Waals surface area contributed by atoms with E-state index < -0.39 is 21.8 Å². The molecule has 0 aliphatic heterocycles. The van der Waals surface area contributed by atoms with Gasteiger partial charge in [-0.3, -0.25) is 4.79 Å². The molecule has 0 bridgehead atoms. The molecule has 0 saturated heterocycles. The first-order valence-corrected chi connectivity index (χ1v) is 9.79. The molecule has 0 amide bonds. The highest BCUT2D eigenvalue weighted by molar-refractivity contribution is 7.92. The molecule has 0 N–H and O–H groups in total. The van der Waals surface area contributed by atoms with Gasteiger partial charge in [-0.15, -0.1) is 0 Å². The molecule has 1 saturated carbocycles. The van der Waals surface area contributed by atoms with Crippen LogP contribution in [0.25, 0.3) is 0 Å². The number of carbonyl (C=O) groups excluding carboxylic acids is 1. The maximum absolute atomic E-state index is 13.1. The van der Waals surface area contributed by atoms with Gasteiger partial charge in [0.05, 0.1) is 5.41 Å². The smallest absolute Gasteiger partial charge is 0.245 e. The van der Waals surface area contributed by atoms with Crippen LogP contribution in [0.1, 0.15) is 37.7 Å². The van der Waals surface area contributed by atoms with Gasteiger partial charge in [-0.25, -0.2) is 4.98 Å². The van der Waals surface area contributed by atoms with Gasteiger partial charge in [0.15, 0.2) is 11.5 Å². The van der Waals surface area contributed by atoms with E-state index >= 15 is 0 Å². The second-order valence-corrected chi connectivity index (χ2v) is 8.20. The second-order valence-electron chi connectivity index (χ2n) is 6.25. The Bertz CT molecular complexity index is 672. The van der Waals surface area contributed by atoms with Crippen LogP contribution in [-0.4, -0.2) is 21.1 Å². The molecule has 2 unspecified atom stereocenters. The van der Waals surface area contributed by atoms with Crippen LogP contribution in [0.15, 0.2) is 53.7 Å². The zero-order valence-corrected chi connectivity index (χ0v) is 14.9. The molecule has 2 atom stereocenters. The number of halogens is 1. The fraction of sp³-hybridized carbons (Fsp3) is 0.368. The minimum atomic E-state index is -1.48. The number of nitrogens with zero attached hydrogens (tertiary/aromatic N) is 1. The topological polar surface area (TPSA) is 53.0 Å². The van der Waals surface area contributed by atoms with Crippen LogP contribution >= 0.6 is 11.6 Å². The Hall–Kier alpha value is -1.36. The highest BCUT2D eigenvalue weighted by Gasteiger charge is 2.48. The maximum Gasteiger partial charge on any atom is 0.245 e. The van der Waals surface area contributed by atoms with Crippen molar-refractivity contribution in [3.05, 3.63) is 59.2 Å². The summed E-state index contributed by atoms with van der Waals surface area (Å²) in [4.78, 5) is 16.2. The molecule has 2 aromatic rings. The molecule has 1 aliphatic carbocycles. The summed E-state index contributed by atoms with van der Waals surface area (Å²) in [7, 11) is 0. The lowest BCUT2D eigenvalue weighted by Gasteiger charge is -2.41. The Morgan fingerprint density at radius 1 is 1.12 bits per heavy atom. The molecular formula is C19H20ClNO2S. The monoisotopic (exact) mass is 361 g/mol. The third kappa shape index (κ3) is 3.37. The first-order chi connectivity index (χ1) is 11.7. The van der Waals surface area contributed by atoms with E-state index in [0.717, 1.165) is 44.0 Å². The van der Waals surface area contributed by atoms with Gasteiger partial charge >= 0.3 is 0 Å². The molecule has 1 aromatic heterocycles. The summed E-state index contributed by atoms with van der Waals surface area (Å²) in [5.41, 5.74) is 0.639. The SMILES string of the molecule is O=CC([S+]([O-])c1ccccn1)C1(c2ccc(Cl)cc2)CCCCC1. The predicted molar refractivity (Wildman–Crippen MR) is 96.7 cm³/mol. The number of hydrogen-bond acceptors (Lipinski definition) is 3. The van der Waals surface area contributed by atoms with Crippen LogP contribution in [0.2, 0.25) is 5.02 Å². The number of hydrogen-bond donors (Lipinski definition) is 0. The Morgan fingerprint density at radius 2 is 1.83 bits per heavy atom. The number of aldehydes is 1. The molecule has 1 aliphatic rings. The van der Waals surface area contributed by atoms with Crippen molar-refractivity contribution in [3.8, 4) is 0 Å². The average Bonchev–Trinajstić information content (AvgIpc) is 2.64. The van der Waals surface area contributed by atoms with Crippen molar-refractivity contribution in [2.24, 2.45) is 0 Å². The fourth-order valence-electron chi connectivity index (χ4n) is 3.68. The van der Waals surface area contributed by atoms with E-state index in [-0.39, 0.29) is 0 Å². The lowest BCUT2D eigenvalue weighted by molar-refractivity contribution is -0.108. The van der Waals surface area contributed by atoms with Crippen molar-refractivity contribution in [3.63, 3.8) is 0 Å². The standard InChI is InChI=1S/C19H20ClNO2S/c20-16-9-7-15(8-10-16)19(11-3-1-4-12-19)17(14-22)24(23)18-6-2-5-13-21-18/h2,5-10,13-14,17H,1,3-4,11-12H2. The van der Waals surface area contributed by atoms with Crippen molar-refractivity contribution in [1.29, 1.82) is 0 Å². The molecule has 1 fully saturated rings. The van der Waals surface area contributed by atoms with Crippen LogP contribution in [0.5, 0.6) is 0 Å². The minimum absolute atomic E-state index is 0.410. The number of pyridine rings is 1. The maximum atomic E-state index is 13.1. The zero-order chi connectivity index (χ0) is 17.0. The van der Waals surface area contributed by atoms with Gasteiger partial charge in [-0.05, 0) is 36.6 Å². The van der Waals surface area contributed by atoms with Crippen molar-refractivity contribution >= 4 is 29.1 Å². The Labute approximate surface area is 150 Å². The summed E-state index contributed by atoms with van der Waals surface area (Å²) in [6.45, 7) is 0. The van der Waals surface area contributed by atoms with Crippen molar-refractivity contribution in [2.45, 2.75) is 47.8 Å². The van der Waals surface area contributed by atoms with Crippen LogP contribution in [0, 0.1) is 0 Å². The Morgan fingerprint density at radius 3 is 2.42 bits per heavy atom. The van der Waals surface area contributed by atoms with Crippen LogP contribution in [0.4, 0.5) is 0 Å². The van der Waals surface area contributed by atoms with Crippen LogP contribution < -0.4 is 0 Å². The molecule has 126 valence electrons. The number of aromatic nitrogens is 1.